The summed E-state index contributed by atoms with van der Waals surface area (Å²) in [7, 11) is 1.96. The predicted octanol–water partition coefficient (Wildman–Crippen LogP) is 1.87. The first-order valence-corrected chi connectivity index (χ1v) is 9.58. The number of amides is 1. The number of rotatable bonds is 5. The van der Waals surface area contributed by atoms with Gasteiger partial charge >= 0.3 is 0 Å². The summed E-state index contributed by atoms with van der Waals surface area (Å²) < 4.78 is 1.86. The molecule has 2 fully saturated rings. The molecule has 0 radical (unpaired) electrons. The molecule has 2 saturated heterocycles. The summed E-state index contributed by atoms with van der Waals surface area (Å²) in [6, 6.07) is 6.39. The van der Waals surface area contributed by atoms with Crippen LogP contribution >= 0.6 is 0 Å². The van der Waals surface area contributed by atoms with Crippen molar-refractivity contribution in [2.24, 2.45) is 13.0 Å². The Hall–Kier alpha value is -2.21. The highest BCUT2D eigenvalue weighted by atomic mass is 16.2. The number of hydrogen-bond donors (Lipinski definition) is 0. The standard InChI is InChI=1S/C20H27N5O/c1-23-13-16(12-22-23)14-24-10-8-19-17(15-24)5-6-20(26)25(19)11-7-18-4-2-3-9-21-18/h2-4,9,12-13,17,19H,5-8,10-11,14-15H2,1H3. The van der Waals surface area contributed by atoms with Gasteiger partial charge in [-0.05, 0) is 30.9 Å². The third-order valence-electron chi connectivity index (χ3n) is 5.73. The molecule has 4 heterocycles. The van der Waals surface area contributed by atoms with E-state index in [0.29, 0.717) is 24.3 Å². The van der Waals surface area contributed by atoms with Crippen LogP contribution in [0, 0.1) is 5.92 Å². The number of carbonyl (C=O) groups is 1. The van der Waals surface area contributed by atoms with Crippen molar-refractivity contribution in [3.05, 3.63) is 48.0 Å². The van der Waals surface area contributed by atoms with Crippen LogP contribution in [0.3, 0.4) is 0 Å². The van der Waals surface area contributed by atoms with Crippen molar-refractivity contribution in [1.82, 2.24) is 24.6 Å². The lowest BCUT2D eigenvalue weighted by Crippen LogP contribution is -2.56. The zero-order valence-electron chi connectivity index (χ0n) is 15.4. The van der Waals surface area contributed by atoms with Gasteiger partial charge in [-0.3, -0.25) is 19.4 Å². The molecule has 26 heavy (non-hydrogen) atoms. The van der Waals surface area contributed by atoms with Crippen molar-refractivity contribution in [3.63, 3.8) is 0 Å². The van der Waals surface area contributed by atoms with E-state index < -0.39 is 0 Å². The van der Waals surface area contributed by atoms with Crippen LogP contribution in [-0.4, -0.2) is 56.1 Å². The van der Waals surface area contributed by atoms with Crippen molar-refractivity contribution in [2.45, 2.75) is 38.3 Å². The van der Waals surface area contributed by atoms with Crippen LogP contribution in [0.15, 0.2) is 36.8 Å². The molecule has 1 amide bonds. The Kier molecular flexibility index (Phi) is 5.02. The molecular formula is C20H27N5O. The van der Waals surface area contributed by atoms with E-state index in [0.717, 1.165) is 51.1 Å². The highest BCUT2D eigenvalue weighted by Gasteiger charge is 2.38. The molecule has 0 spiro atoms. The van der Waals surface area contributed by atoms with Crippen LogP contribution in [0.4, 0.5) is 0 Å². The zero-order chi connectivity index (χ0) is 17.9. The van der Waals surface area contributed by atoms with Gasteiger partial charge in [0.1, 0.15) is 0 Å². The second-order valence-electron chi connectivity index (χ2n) is 7.57. The Balaban J connectivity index is 1.37. The summed E-state index contributed by atoms with van der Waals surface area (Å²) in [5.74, 6) is 0.907. The monoisotopic (exact) mass is 353 g/mol. The van der Waals surface area contributed by atoms with Gasteiger partial charge < -0.3 is 4.90 Å². The van der Waals surface area contributed by atoms with E-state index in [2.05, 4.69) is 26.1 Å². The maximum absolute atomic E-state index is 12.5. The molecule has 0 saturated carbocycles. The molecule has 2 unspecified atom stereocenters. The van der Waals surface area contributed by atoms with Crippen molar-refractivity contribution in [1.29, 1.82) is 0 Å². The summed E-state index contributed by atoms with van der Waals surface area (Å²) in [6.45, 7) is 3.87. The van der Waals surface area contributed by atoms with Gasteiger partial charge in [-0.2, -0.15) is 5.10 Å². The van der Waals surface area contributed by atoms with E-state index in [9.17, 15) is 4.79 Å². The lowest BCUT2D eigenvalue weighted by molar-refractivity contribution is -0.141. The quantitative estimate of drug-likeness (QED) is 0.823. The van der Waals surface area contributed by atoms with Crippen molar-refractivity contribution in [2.75, 3.05) is 19.6 Å². The molecular weight excluding hydrogens is 326 g/mol. The average Bonchev–Trinajstić information content (AvgIpc) is 3.06. The highest BCUT2D eigenvalue weighted by Crippen LogP contribution is 2.32. The normalized spacial score (nSPS) is 23.9. The minimum atomic E-state index is 0.322. The molecule has 0 aliphatic carbocycles. The van der Waals surface area contributed by atoms with Gasteiger partial charge in [0.2, 0.25) is 5.91 Å². The number of piperidine rings is 2. The Morgan fingerprint density at radius 1 is 1.27 bits per heavy atom. The van der Waals surface area contributed by atoms with Crippen LogP contribution in [0.2, 0.25) is 0 Å². The van der Waals surface area contributed by atoms with Crippen LogP contribution in [-0.2, 0) is 24.8 Å². The van der Waals surface area contributed by atoms with E-state index in [1.54, 1.807) is 0 Å². The number of hydrogen-bond acceptors (Lipinski definition) is 4. The van der Waals surface area contributed by atoms with Gasteiger partial charge in [-0.15, -0.1) is 0 Å². The number of fused-ring (bicyclic) bond motifs is 1. The Labute approximate surface area is 154 Å². The number of aromatic nitrogens is 3. The molecule has 2 aliphatic heterocycles. The molecule has 6 heteroatoms. The van der Waals surface area contributed by atoms with Crippen LogP contribution in [0.25, 0.3) is 0 Å². The van der Waals surface area contributed by atoms with Crippen LogP contribution < -0.4 is 0 Å². The van der Waals surface area contributed by atoms with Crippen LogP contribution in [0.5, 0.6) is 0 Å². The summed E-state index contributed by atoms with van der Waals surface area (Å²) in [5.41, 5.74) is 2.33. The highest BCUT2D eigenvalue weighted by molar-refractivity contribution is 5.77. The van der Waals surface area contributed by atoms with E-state index in [4.69, 9.17) is 0 Å². The van der Waals surface area contributed by atoms with Gasteiger partial charge in [0.05, 0.1) is 6.20 Å². The number of pyridine rings is 1. The molecule has 2 aromatic rings. The fourth-order valence-electron chi connectivity index (χ4n) is 4.45. The third-order valence-corrected chi connectivity index (χ3v) is 5.73. The largest absolute Gasteiger partial charge is 0.339 e. The molecule has 2 aromatic heterocycles. The number of likely N-dealkylation sites (tertiary alicyclic amines) is 2. The molecule has 4 rings (SSSR count). The smallest absolute Gasteiger partial charge is 0.222 e. The molecule has 2 atom stereocenters. The van der Waals surface area contributed by atoms with Gasteiger partial charge in [0, 0.05) is 75.8 Å². The zero-order valence-corrected chi connectivity index (χ0v) is 15.4. The first kappa shape index (κ1) is 17.2. The van der Waals surface area contributed by atoms with Gasteiger partial charge in [0.25, 0.3) is 0 Å². The minimum Gasteiger partial charge on any atom is -0.339 e. The third kappa shape index (κ3) is 3.80. The summed E-state index contributed by atoms with van der Waals surface area (Å²) in [5, 5.41) is 4.27. The molecule has 138 valence electrons. The summed E-state index contributed by atoms with van der Waals surface area (Å²) in [4.78, 5) is 21.6. The Morgan fingerprint density at radius 2 is 2.19 bits per heavy atom. The van der Waals surface area contributed by atoms with Gasteiger partial charge in [0.15, 0.2) is 0 Å². The molecule has 0 N–H and O–H groups in total. The topological polar surface area (TPSA) is 54.3 Å². The van der Waals surface area contributed by atoms with E-state index in [1.807, 2.05) is 42.3 Å². The summed E-state index contributed by atoms with van der Waals surface area (Å²) in [6.07, 6.45) is 9.49. The minimum absolute atomic E-state index is 0.322. The second kappa shape index (κ2) is 7.58. The first-order valence-electron chi connectivity index (χ1n) is 9.58. The van der Waals surface area contributed by atoms with Crippen molar-refractivity contribution >= 4 is 5.91 Å². The molecule has 6 nitrogen and oxygen atoms in total. The van der Waals surface area contributed by atoms with Crippen LogP contribution in [0.1, 0.15) is 30.5 Å². The molecule has 0 bridgehead atoms. The van der Waals surface area contributed by atoms with Crippen molar-refractivity contribution < 1.29 is 4.79 Å². The maximum atomic E-state index is 12.5. The summed E-state index contributed by atoms with van der Waals surface area (Å²) >= 11 is 0. The van der Waals surface area contributed by atoms with Crippen molar-refractivity contribution in [3.8, 4) is 0 Å². The Bertz CT molecular complexity index is 744. The molecule has 2 aliphatic rings. The second-order valence-corrected chi connectivity index (χ2v) is 7.57. The fraction of sp³-hybridized carbons (Fsp3) is 0.550. The number of carbonyl (C=O) groups excluding carboxylic acids is 1. The SMILES string of the molecule is Cn1cc(CN2CCC3C(CCC(=O)N3CCc3ccccn3)C2)cn1. The van der Waals surface area contributed by atoms with E-state index in [-0.39, 0.29) is 0 Å². The number of nitrogens with zero attached hydrogens (tertiary/aromatic N) is 5. The van der Waals surface area contributed by atoms with Gasteiger partial charge in [-0.1, -0.05) is 6.07 Å². The predicted molar refractivity (Wildman–Crippen MR) is 99.3 cm³/mol. The van der Waals surface area contributed by atoms with E-state index >= 15 is 0 Å². The maximum Gasteiger partial charge on any atom is 0.222 e. The average molecular weight is 353 g/mol. The Morgan fingerprint density at radius 3 is 2.96 bits per heavy atom. The first-order chi connectivity index (χ1) is 12.7. The van der Waals surface area contributed by atoms with Gasteiger partial charge in [-0.25, -0.2) is 0 Å². The lowest BCUT2D eigenvalue weighted by atomic mass is 9.83. The lowest BCUT2D eigenvalue weighted by Gasteiger charge is -2.47. The number of aryl methyl sites for hydroxylation is 1. The van der Waals surface area contributed by atoms with E-state index in [1.165, 1.54) is 5.56 Å². The molecule has 0 aromatic carbocycles. The fourth-order valence-corrected chi connectivity index (χ4v) is 4.45.